The van der Waals surface area contributed by atoms with E-state index in [0.717, 1.165) is 33.3 Å². The first-order valence-electron chi connectivity index (χ1n) is 11.0. The van der Waals surface area contributed by atoms with Crippen LogP contribution >= 0.6 is 0 Å². The van der Waals surface area contributed by atoms with Crippen molar-refractivity contribution in [3.05, 3.63) is 83.1 Å². The van der Waals surface area contributed by atoms with Crippen molar-refractivity contribution in [2.75, 3.05) is 13.6 Å². The summed E-state index contributed by atoms with van der Waals surface area (Å²) in [5, 5.41) is 3.82. The van der Waals surface area contributed by atoms with Crippen LogP contribution in [0, 0.1) is 6.92 Å². The van der Waals surface area contributed by atoms with E-state index < -0.39 is 5.92 Å². The number of rotatable bonds is 5. The minimum atomic E-state index is -0.392. The first-order valence-corrected chi connectivity index (χ1v) is 11.0. The lowest BCUT2D eigenvalue weighted by Gasteiger charge is -2.41. The molecule has 7 nitrogen and oxygen atoms in total. The van der Waals surface area contributed by atoms with Gasteiger partial charge in [-0.1, -0.05) is 42.5 Å². The Morgan fingerprint density at radius 2 is 1.88 bits per heavy atom. The third kappa shape index (κ3) is 3.50. The second-order valence-corrected chi connectivity index (χ2v) is 8.82. The molecule has 2 aromatic carbocycles. The Labute approximate surface area is 192 Å². The predicted octanol–water partition coefficient (Wildman–Crippen LogP) is 3.29. The van der Waals surface area contributed by atoms with Crippen LogP contribution in [0.15, 0.2) is 55.1 Å². The molecule has 3 heterocycles. The smallest absolute Gasteiger partial charge is 0.326 e. The maximum atomic E-state index is 13.1. The van der Waals surface area contributed by atoms with Crippen molar-refractivity contribution in [1.82, 2.24) is 19.7 Å². The van der Waals surface area contributed by atoms with Gasteiger partial charge in [0, 0.05) is 43.3 Å². The van der Waals surface area contributed by atoms with Crippen molar-refractivity contribution in [2.45, 2.75) is 32.5 Å². The van der Waals surface area contributed by atoms with E-state index >= 15 is 0 Å². The van der Waals surface area contributed by atoms with Crippen LogP contribution in [0.3, 0.4) is 0 Å². The number of nitrogens with one attached hydrogen (secondary N) is 1. The molecular formula is C26H26N4O3. The Balaban J connectivity index is 1.65. The number of benzene rings is 2. The van der Waals surface area contributed by atoms with Crippen LogP contribution < -0.4 is 5.32 Å². The highest BCUT2D eigenvalue weighted by Crippen LogP contribution is 2.41. The van der Waals surface area contributed by atoms with Gasteiger partial charge < -0.3 is 14.8 Å². The molecule has 2 aliphatic heterocycles. The fourth-order valence-corrected chi connectivity index (χ4v) is 4.91. The Morgan fingerprint density at radius 3 is 2.61 bits per heavy atom. The van der Waals surface area contributed by atoms with E-state index in [1.807, 2.05) is 12.1 Å². The third-order valence-electron chi connectivity index (χ3n) is 6.67. The van der Waals surface area contributed by atoms with Crippen LogP contribution in [0.25, 0.3) is 10.9 Å². The molecule has 5 rings (SSSR count). The summed E-state index contributed by atoms with van der Waals surface area (Å²) in [6.45, 7) is 7.45. The van der Waals surface area contributed by atoms with E-state index in [2.05, 4.69) is 53.7 Å². The molecule has 1 saturated heterocycles. The van der Waals surface area contributed by atoms with Crippen LogP contribution in [-0.2, 0) is 29.2 Å². The highest BCUT2D eigenvalue weighted by Gasteiger charge is 2.44. The topological polar surface area (TPSA) is 74.7 Å². The summed E-state index contributed by atoms with van der Waals surface area (Å²) in [5.74, 6) is -0.791. The van der Waals surface area contributed by atoms with Gasteiger partial charge in [-0.3, -0.25) is 14.5 Å². The molecule has 7 heteroatoms. The van der Waals surface area contributed by atoms with Crippen molar-refractivity contribution in [3.8, 4) is 0 Å². The standard InChI is InChI=1S/C26H26N4O3/c1-4-23(31)27-12-18-9-10-21-19(11-18)24-20-14-29(26(33)28(3)25(20)32)15-22(24)30(21)13-17-7-5-16(2)6-8-17/h4-11,20H,1,12-15H2,2-3H3,(H,27,31). The lowest BCUT2D eigenvalue weighted by molar-refractivity contribution is -0.132. The molecule has 1 atom stereocenters. The summed E-state index contributed by atoms with van der Waals surface area (Å²) in [4.78, 5) is 40.4. The molecule has 1 aromatic heterocycles. The molecule has 168 valence electrons. The lowest BCUT2D eigenvalue weighted by Crippen LogP contribution is -2.56. The number of hydrogen-bond donors (Lipinski definition) is 1. The number of imide groups is 1. The second kappa shape index (κ2) is 7.92. The molecule has 1 N–H and O–H groups in total. The predicted molar refractivity (Wildman–Crippen MR) is 126 cm³/mol. The average molecular weight is 443 g/mol. The monoisotopic (exact) mass is 442 g/mol. The summed E-state index contributed by atoms with van der Waals surface area (Å²) in [7, 11) is 1.55. The molecule has 3 aromatic rings. The average Bonchev–Trinajstić information content (AvgIpc) is 3.13. The van der Waals surface area contributed by atoms with Crippen LogP contribution in [0.4, 0.5) is 4.79 Å². The highest BCUT2D eigenvalue weighted by atomic mass is 16.2. The molecule has 33 heavy (non-hydrogen) atoms. The SMILES string of the molecule is C=CC(=O)NCc1ccc2c(c1)c1c(n2Cc2ccc(C)cc2)CN2CC1C(=O)N(C)C2=O. The summed E-state index contributed by atoms with van der Waals surface area (Å²) < 4.78 is 2.23. The van der Waals surface area contributed by atoms with Gasteiger partial charge in [-0.25, -0.2) is 4.79 Å². The number of urea groups is 1. The second-order valence-electron chi connectivity index (χ2n) is 8.82. The third-order valence-corrected chi connectivity index (χ3v) is 6.67. The summed E-state index contributed by atoms with van der Waals surface area (Å²) >= 11 is 0. The normalized spacial score (nSPS) is 17.3. The molecule has 0 aliphatic carbocycles. The Morgan fingerprint density at radius 1 is 1.15 bits per heavy atom. The quantitative estimate of drug-likeness (QED) is 0.616. The summed E-state index contributed by atoms with van der Waals surface area (Å²) in [6.07, 6.45) is 1.25. The van der Waals surface area contributed by atoms with Crippen molar-refractivity contribution in [3.63, 3.8) is 0 Å². The van der Waals surface area contributed by atoms with E-state index in [-0.39, 0.29) is 17.8 Å². The van der Waals surface area contributed by atoms with E-state index in [9.17, 15) is 14.4 Å². The van der Waals surface area contributed by atoms with Gasteiger partial charge in [-0.05, 0) is 41.8 Å². The fraction of sp³-hybridized carbons (Fsp3) is 0.269. The number of likely N-dealkylation sites (N-methyl/N-ethyl adjacent to an activating group) is 1. The van der Waals surface area contributed by atoms with E-state index in [0.29, 0.717) is 26.2 Å². The van der Waals surface area contributed by atoms with Gasteiger partial charge in [-0.2, -0.15) is 0 Å². The molecule has 0 radical (unpaired) electrons. The van der Waals surface area contributed by atoms with Gasteiger partial charge >= 0.3 is 6.03 Å². The minimum Gasteiger partial charge on any atom is -0.348 e. The Bertz CT molecular complexity index is 1310. The molecule has 1 fully saturated rings. The van der Waals surface area contributed by atoms with Gasteiger partial charge in [0.05, 0.1) is 12.5 Å². The van der Waals surface area contributed by atoms with Crippen molar-refractivity contribution in [2.24, 2.45) is 0 Å². The largest absolute Gasteiger partial charge is 0.348 e. The van der Waals surface area contributed by atoms with Gasteiger partial charge in [0.2, 0.25) is 11.8 Å². The summed E-state index contributed by atoms with van der Waals surface area (Å²) in [5.41, 5.74) is 6.32. The van der Waals surface area contributed by atoms with E-state index in [1.54, 1.807) is 11.9 Å². The summed E-state index contributed by atoms with van der Waals surface area (Å²) in [6, 6.07) is 14.3. The molecule has 2 aliphatic rings. The fourth-order valence-electron chi connectivity index (χ4n) is 4.91. The first-order chi connectivity index (χ1) is 15.9. The lowest BCUT2D eigenvalue weighted by atomic mass is 9.88. The van der Waals surface area contributed by atoms with E-state index in [1.165, 1.54) is 16.5 Å². The Hall–Kier alpha value is -3.87. The van der Waals surface area contributed by atoms with Gasteiger partial charge in [0.15, 0.2) is 0 Å². The first kappa shape index (κ1) is 21.0. The van der Waals surface area contributed by atoms with Crippen LogP contribution in [-0.4, -0.2) is 45.8 Å². The van der Waals surface area contributed by atoms with Crippen LogP contribution in [0.5, 0.6) is 0 Å². The number of carbonyl (C=O) groups excluding carboxylic acids is 3. The molecule has 0 saturated carbocycles. The number of aryl methyl sites for hydroxylation is 1. The van der Waals surface area contributed by atoms with Gasteiger partial charge in [0.1, 0.15) is 0 Å². The number of nitrogens with zero attached hydrogens (tertiary/aromatic N) is 3. The number of carbonyl (C=O) groups is 3. The van der Waals surface area contributed by atoms with Crippen LogP contribution in [0.1, 0.15) is 33.9 Å². The molecule has 2 bridgehead atoms. The van der Waals surface area contributed by atoms with Crippen molar-refractivity contribution in [1.29, 1.82) is 0 Å². The Kier molecular flexibility index (Phi) is 5.04. The zero-order valence-corrected chi connectivity index (χ0v) is 18.8. The zero-order chi connectivity index (χ0) is 23.3. The number of hydrogen-bond acceptors (Lipinski definition) is 3. The maximum absolute atomic E-state index is 13.1. The van der Waals surface area contributed by atoms with Gasteiger partial charge in [0.25, 0.3) is 0 Å². The van der Waals surface area contributed by atoms with Crippen molar-refractivity contribution < 1.29 is 14.4 Å². The molecule has 0 spiro atoms. The molecule has 1 unspecified atom stereocenters. The minimum absolute atomic E-state index is 0.169. The zero-order valence-electron chi connectivity index (χ0n) is 18.8. The number of aromatic nitrogens is 1. The van der Waals surface area contributed by atoms with Crippen molar-refractivity contribution >= 4 is 28.7 Å². The number of amides is 4. The highest BCUT2D eigenvalue weighted by molar-refractivity contribution is 6.04. The maximum Gasteiger partial charge on any atom is 0.326 e. The molecule has 4 amide bonds. The van der Waals surface area contributed by atoms with Crippen LogP contribution in [0.2, 0.25) is 0 Å². The molecular weight excluding hydrogens is 416 g/mol. The van der Waals surface area contributed by atoms with Gasteiger partial charge in [-0.15, -0.1) is 0 Å². The van der Waals surface area contributed by atoms with E-state index in [4.69, 9.17) is 0 Å². The number of fused-ring (bicyclic) bond motifs is 6.